The lowest BCUT2D eigenvalue weighted by Gasteiger charge is -2.18. The number of hydrogen-bond acceptors (Lipinski definition) is 5. The fourth-order valence-electron chi connectivity index (χ4n) is 3.39. The van der Waals surface area contributed by atoms with Crippen molar-refractivity contribution in [2.45, 2.75) is 26.0 Å². The molecule has 1 aromatic carbocycles. The largest absolute Gasteiger partial charge is 0.442 e. The second-order valence-electron chi connectivity index (χ2n) is 6.67. The Morgan fingerprint density at radius 2 is 2.07 bits per heavy atom. The first kappa shape index (κ1) is 20.2. The molecule has 1 aromatic heterocycles. The summed E-state index contributed by atoms with van der Waals surface area (Å²) in [6, 6.07) is 2.37. The molecule has 1 amide bonds. The van der Waals surface area contributed by atoms with Gasteiger partial charge >= 0.3 is 6.09 Å². The van der Waals surface area contributed by atoms with E-state index in [9.17, 15) is 13.6 Å². The van der Waals surface area contributed by atoms with Gasteiger partial charge in [0.05, 0.1) is 24.5 Å². The van der Waals surface area contributed by atoms with Gasteiger partial charge in [0.2, 0.25) is 0 Å². The summed E-state index contributed by atoms with van der Waals surface area (Å²) < 4.78 is 36.1. The Kier molecular flexibility index (Phi) is 5.95. The molecular weight excluding hydrogens is 392 g/mol. The molecule has 0 saturated carbocycles. The van der Waals surface area contributed by atoms with Gasteiger partial charge < -0.3 is 10.1 Å². The highest BCUT2D eigenvalue weighted by Crippen LogP contribution is 2.31. The Morgan fingerprint density at radius 1 is 1.32 bits per heavy atom. The first-order valence-corrected chi connectivity index (χ1v) is 8.75. The van der Waals surface area contributed by atoms with Crippen molar-refractivity contribution in [3.05, 3.63) is 47.3 Å². The number of halogens is 3. The van der Waals surface area contributed by atoms with E-state index in [-0.39, 0.29) is 30.2 Å². The van der Waals surface area contributed by atoms with Crippen LogP contribution in [0.4, 0.5) is 19.3 Å². The molecule has 2 aromatic rings. The summed E-state index contributed by atoms with van der Waals surface area (Å²) in [5.74, 6) is -1.36. The van der Waals surface area contributed by atoms with E-state index in [0.29, 0.717) is 31.6 Å². The van der Waals surface area contributed by atoms with Gasteiger partial charge in [-0.05, 0) is 37.6 Å². The predicted molar refractivity (Wildman–Crippen MR) is 101 cm³/mol. The predicted octanol–water partition coefficient (Wildman–Crippen LogP) is 2.69. The van der Waals surface area contributed by atoms with Crippen LogP contribution in [-0.2, 0) is 11.3 Å². The van der Waals surface area contributed by atoms with Gasteiger partial charge in [-0.2, -0.15) is 0 Å². The lowest BCUT2D eigenvalue weighted by atomic mass is 9.98. The Balaban J connectivity index is 0.00000225. The number of rotatable bonds is 4. The van der Waals surface area contributed by atoms with Crippen molar-refractivity contribution < 1.29 is 18.3 Å². The summed E-state index contributed by atoms with van der Waals surface area (Å²) in [7, 11) is 0. The van der Waals surface area contributed by atoms with Crippen molar-refractivity contribution in [1.29, 1.82) is 0 Å². The zero-order chi connectivity index (χ0) is 19.0. The Hall–Kier alpha value is -2.52. The summed E-state index contributed by atoms with van der Waals surface area (Å²) in [4.78, 5) is 13.4. The van der Waals surface area contributed by atoms with E-state index >= 15 is 0 Å². The van der Waals surface area contributed by atoms with E-state index < -0.39 is 23.8 Å². The normalized spacial score (nSPS) is 19.2. The minimum Gasteiger partial charge on any atom is -0.442 e. The minimum absolute atomic E-state index is 0. The molecule has 0 radical (unpaired) electrons. The second-order valence-corrected chi connectivity index (χ2v) is 6.67. The number of ether oxygens (including phenoxy) is 1. The standard InChI is InChI=1S/C18H19F2N5O2.ClH/c1-11-8-24(23-22-11)9-14-10-25(18(26)27-14)13-6-15(19)17(16(20)7-13)12-2-4-21-5-3-12;/h2,6-8,14,21H,3-5,9-10H2,1H3;1H/t14-;/m0./s1. The number of carbonyl (C=O) groups excluding carboxylic acids is 1. The molecular formula is C18H20ClF2N5O2. The topological polar surface area (TPSA) is 72.3 Å². The summed E-state index contributed by atoms with van der Waals surface area (Å²) in [5.41, 5.74) is 1.51. The number of carbonyl (C=O) groups is 1. The second kappa shape index (κ2) is 8.24. The van der Waals surface area contributed by atoms with E-state index in [0.717, 1.165) is 5.69 Å². The number of benzene rings is 1. The van der Waals surface area contributed by atoms with Crippen LogP contribution >= 0.6 is 12.4 Å². The van der Waals surface area contributed by atoms with Crippen LogP contribution in [-0.4, -0.2) is 46.8 Å². The van der Waals surface area contributed by atoms with Gasteiger partial charge in [-0.3, -0.25) is 4.90 Å². The van der Waals surface area contributed by atoms with E-state index in [2.05, 4.69) is 15.6 Å². The molecule has 1 fully saturated rings. The zero-order valence-corrected chi connectivity index (χ0v) is 16.0. The first-order chi connectivity index (χ1) is 13.0. The maximum absolute atomic E-state index is 14.6. The molecule has 4 rings (SSSR count). The minimum atomic E-state index is -0.679. The van der Waals surface area contributed by atoms with Crippen LogP contribution in [0.1, 0.15) is 17.7 Å². The van der Waals surface area contributed by atoms with Crippen molar-refractivity contribution in [3.63, 3.8) is 0 Å². The Bertz CT molecular complexity index is 894. The Labute approximate surface area is 166 Å². The average Bonchev–Trinajstić information content (AvgIpc) is 3.20. The highest BCUT2D eigenvalue weighted by Gasteiger charge is 2.34. The third-order valence-electron chi connectivity index (χ3n) is 4.64. The fourth-order valence-corrected chi connectivity index (χ4v) is 3.39. The van der Waals surface area contributed by atoms with Crippen LogP contribution in [0, 0.1) is 18.6 Å². The van der Waals surface area contributed by atoms with Gasteiger partial charge in [-0.25, -0.2) is 18.3 Å². The molecule has 0 bridgehead atoms. The van der Waals surface area contributed by atoms with Crippen LogP contribution in [0.15, 0.2) is 24.4 Å². The zero-order valence-electron chi connectivity index (χ0n) is 15.2. The molecule has 3 heterocycles. The van der Waals surface area contributed by atoms with Crippen LogP contribution in [0.3, 0.4) is 0 Å². The van der Waals surface area contributed by atoms with Gasteiger partial charge in [0.25, 0.3) is 0 Å². The monoisotopic (exact) mass is 411 g/mol. The number of aryl methyl sites for hydroxylation is 1. The van der Waals surface area contributed by atoms with Crippen LogP contribution in [0.2, 0.25) is 0 Å². The van der Waals surface area contributed by atoms with Gasteiger partial charge in [0.15, 0.2) is 0 Å². The molecule has 1 atom stereocenters. The maximum Gasteiger partial charge on any atom is 0.414 e. The molecule has 150 valence electrons. The lowest BCUT2D eigenvalue weighted by molar-refractivity contribution is 0.129. The molecule has 2 aliphatic heterocycles. The number of nitrogens with zero attached hydrogens (tertiary/aromatic N) is 4. The van der Waals surface area contributed by atoms with Crippen molar-refractivity contribution >= 4 is 29.8 Å². The SMILES string of the molecule is Cc1cn(C[C@H]2CN(c3cc(F)c(C4=CCNCC4)c(F)c3)C(=O)O2)nn1.Cl. The van der Waals surface area contributed by atoms with Gasteiger partial charge in [-0.15, -0.1) is 17.5 Å². The number of anilines is 1. The molecule has 1 N–H and O–H groups in total. The molecule has 0 unspecified atom stereocenters. The molecule has 0 spiro atoms. The molecule has 0 aliphatic carbocycles. The lowest BCUT2D eigenvalue weighted by Crippen LogP contribution is -2.26. The van der Waals surface area contributed by atoms with Gasteiger partial charge in [0, 0.05) is 18.3 Å². The maximum atomic E-state index is 14.6. The van der Waals surface area contributed by atoms with Crippen LogP contribution < -0.4 is 10.2 Å². The van der Waals surface area contributed by atoms with E-state index in [1.54, 1.807) is 23.9 Å². The van der Waals surface area contributed by atoms with Crippen LogP contribution in [0.25, 0.3) is 5.57 Å². The van der Waals surface area contributed by atoms with Crippen molar-refractivity contribution in [2.24, 2.45) is 0 Å². The summed E-state index contributed by atoms with van der Waals surface area (Å²) in [6.07, 6.45) is 2.96. The number of cyclic esters (lactones) is 1. The summed E-state index contributed by atoms with van der Waals surface area (Å²) >= 11 is 0. The van der Waals surface area contributed by atoms with E-state index in [1.807, 2.05) is 0 Å². The number of nitrogens with one attached hydrogen (secondary N) is 1. The summed E-state index contributed by atoms with van der Waals surface area (Å²) in [6.45, 7) is 3.57. The molecule has 28 heavy (non-hydrogen) atoms. The van der Waals surface area contributed by atoms with E-state index in [1.165, 1.54) is 17.0 Å². The quantitative estimate of drug-likeness (QED) is 0.837. The molecule has 10 heteroatoms. The number of aromatic nitrogens is 3. The highest BCUT2D eigenvalue weighted by molar-refractivity contribution is 5.90. The van der Waals surface area contributed by atoms with Crippen molar-refractivity contribution in [3.8, 4) is 0 Å². The average molecular weight is 412 g/mol. The Morgan fingerprint density at radius 3 is 2.68 bits per heavy atom. The van der Waals surface area contributed by atoms with Crippen LogP contribution in [0.5, 0.6) is 0 Å². The molecule has 2 aliphatic rings. The fraction of sp³-hybridized carbons (Fsp3) is 0.389. The molecule has 7 nitrogen and oxygen atoms in total. The summed E-state index contributed by atoms with van der Waals surface area (Å²) in [5, 5.41) is 10.9. The van der Waals surface area contributed by atoms with E-state index in [4.69, 9.17) is 4.74 Å². The van der Waals surface area contributed by atoms with Crippen molar-refractivity contribution in [2.75, 3.05) is 24.5 Å². The third kappa shape index (κ3) is 4.00. The number of hydrogen-bond donors (Lipinski definition) is 1. The number of amides is 1. The molecule has 1 saturated heterocycles. The third-order valence-corrected chi connectivity index (χ3v) is 4.64. The smallest absolute Gasteiger partial charge is 0.414 e. The van der Waals surface area contributed by atoms with Crippen molar-refractivity contribution in [1.82, 2.24) is 20.3 Å². The highest BCUT2D eigenvalue weighted by atomic mass is 35.5. The van der Waals surface area contributed by atoms with Gasteiger partial charge in [-0.1, -0.05) is 11.3 Å². The first-order valence-electron chi connectivity index (χ1n) is 8.75. The van der Waals surface area contributed by atoms with Gasteiger partial charge in [0.1, 0.15) is 17.7 Å².